The summed E-state index contributed by atoms with van der Waals surface area (Å²) in [6.07, 6.45) is 3.39. The first kappa shape index (κ1) is 34.6. The number of fused-ring (bicyclic) bond motifs is 4. The molecule has 1 aliphatic heterocycles. The van der Waals surface area contributed by atoms with Gasteiger partial charge in [0.1, 0.15) is 28.6 Å². The van der Waals surface area contributed by atoms with Crippen LogP contribution in [0.5, 0.6) is 23.0 Å². The second kappa shape index (κ2) is 12.9. The number of imide groups is 1. The summed E-state index contributed by atoms with van der Waals surface area (Å²) in [7, 11) is 2.87. The molecule has 4 aromatic carbocycles. The SMILES string of the molecule is COc1cc(O)c(C2C3=CCC4C(=O)N(c5ccc(C(=O)O)c(O)c5)C(=O)C4C3CC3C(=O)C(c4ccccc4)=CC(=O)C32c2ccccc2)c(OC)c1. The number of carbonyl (C=O) groups is 5. The topological polar surface area (TPSA) is 168 Å². The summed E-state index contributed by atoms with van der Waals surface area (Å²) >= 11 is 0. The molecule has 6 unspecified atom stereocenters. The standard InChI is InChI=1S/C43H35NO10/c1-53-25-18-33(46)37(34(19-25)54-2)38-26-15-16-28-36(41(50)44(40(28)49)24-13-14-27(42(51)52)32(45)17-24)30(26)20-31-39(48)29(22-9-5-3-6-10-22)21-35(47)43(31,38)23-11-7-4-8-12-23/h3-15,17-19,21,28,30-31,36,38,45-46H,16,20H2,1-2H3,(H,51,52). The number of phenols is 2. The first-order valence-electron chi connectivity index (χ1n) is 17.5. The van der Waals surface area contributed by atoms with E-state index in [0.717, 1.165) is 17.0 Å². The Labute approximate surface area is 309 Å². The summed E-state index contributed by atoms with van der Waals surface area (Å²) in [6.45, 7) is 0. The fourth-order valence-corrected chi connectivity index (χ4v) is 9.45. The number of carboxylic acids is 1. The molecule has 6 atom stereocenters. The molecule has 272 valence electrons. The van der Waals surface area contributed by atoms with Gasteiger partial charge in [-0.3, -0.25) is 19.2 Å². The van der Waals surface area contributed by atoms with Crippen LogP contribution in [0, 0.1) is 23.7 Å². The third kappa shape index (κ3) is 4.91. The van der Waals surface area contributed by atoms with Gasteiger partial charge in [0.15, 0.2) is 11.6 Å². The monoisotopic (exact) mass is 725 g/mol. The predicted octanol–water partition coefficient (Wildman–Crippen LogP) is 5.84. The molecule has 54 heavy (non-hydrogen) atoms. The van der Waals surface area contributed by atoms with Gasteiger partial charge in [-0.1, -0.05) is 72.3 Å². The molecule has 0 radical (unpaired) electrons. The Morgan fingerprint density at radius 1 is 0.815 bits per heavy atom. The number of rotatable bonds is 7. The average molecular weight is 726 g/mol. The largest absolute Gasteiger partial charge is 0.507 e. The number of hydrogen-bond donors (Lipinski definition) is 3. The number of Topliss-reactive ketones (excluding diaryl/α,β-unsaturated/α-hetero) is 1. The van der Waals surface area contributed by atoms with E-state index >= 15 is 9.59 Å². The van der Waals surface area contributed by atoms with Crippen LogP contribution in [0.25, 0.3) is 5.57 Å². The number of aromatic hydroxyl groups is 2. The predicted molar refractivity (Wildman–Crippen MR) is 195 cm³/mol. The van der Waals surface area contributed by atoms with Crippen molar-refractivity contribution < 1.29 is 48.8 Å². The molecule has 4 aliphatic rings. The molecule has 8 rings (SSSR count). The molecule has 11 heteroatoms. The Bertz CT molecular complexity index is 2330. The van der Waals surface area contributed by atoms with Crippen LogP contribution in [0.3, 0.4) is 0 Å². The quantitative estimate of drug-likeness (QED) is 0.156. The number of benzene rings is 4. The highest BCUT2D eigenvalue weighted by atomic mass is 16.5. The molecular weight excluding hydrogens is 690 g/mol. The summed E-state index contributed by atoms with van der Waals surface area (Å²) in [5.74, 6) is -8.15. The van der Waals surface area contributed by atoms with Crippen molar-refractivity contribution in [2.45, 2.75) is 24.2 Å². The number of methoxy groups -OCH3 is 2. The van der Waals surface area contributed by atoms with Gasteiger partial charge in [-0.2, -0.15) is 0 Å². The molecule has 1 saturated carbocycles. The number of hydrogen-bond acceptors (Lipinski definition) is 9. The van der Waals surface area contributed by atoms with Gasteiger partial charge in [0.05, 0.1) is 37.2 Å². The zero-order valence-corrected chi connectivity index (χ0v) is 29.3. The Balaban J connectivity index is 1.37. The molecule has 0 spiro atoms. The van der Waals surface area contributed by atoms with Crippen LogP contribution in [-0.4, -0.2) is 58.9 Å². The summed E-state index contributed by atoms with van der Waals surface area (Å²) in [6, 6.07) is 24.4. The number of anilines is 1. The van der Waals surface area contributed by atoms with Gasteiger partial charge in [-0.15, -0.1) is 0 Å². The van der Waals surface area contributed by atoms with E-state index in [9.17, 15) is 29.7 Å². The van der Waals surface area contributed by atoms with Crippen molar-refractivity contribution in [2.24, 2.45) is 23.7 Å². The Morgan fingerprint density at radius 2 is 1.52 bits per heavy atom. The van der Waals surface area contributed by atoms with Crippen molar-refractivity contribution in [3.05, 3.63) is 131 Å². The smallest absolute Gasteiger partial charge is 0.339 e. The number of phenolic OH excluding ortho intramolecular Hbond substituents is 1. The maximum atomic E-state index is 15.3. The van der Waals surface area contributed by atoms with E-state index in [-0.39, 0.29) is 58.3 Å². The summed E-state index contributed by atoms with van der Waals surface area (Å²) in [5.41, 5.74) is 0.210. The number of carboxylic acid groups (broad SMARTS) is 1. The van der Waals surface area contributed by atoms with Gasteiger partial charge in [0.25, 0.3) is 0 Å². The van der Waals surface area contributed by atoms with Crippen molar-refractivity contribution in [3.63, 3.8) is 0 Å². The van der Waals surface area contributed by atoms with E-state index in [1.807, 2.05) is 18.2 Å². The second-order valence-corrected chi connectivity index (χ2v) is 14.1. The first-order chi connectivity index (χ1) is 26.0. The number of aromatic carboxylic acids is 1. The lowest BCUT2D eigenvalue weighted by molar-refractivity contribution is -0.135. The van der Waals surface area contributed by atoms with Crippen LogP contribution < -0.4 is 14.4 Å². The van der Waals surface area contributed by atoms with Crippen LogP contribution in [0.2, 0.25) is 0 Å². The maximum Gasteiger partial charge on any atom is 0.339 e. The van der Waals surface area contributed by atoms with Crippen LogP contribution in [0.15, 0.2) is 109 Å². The van der Waals surface area contributed by atoms with Crippen molar-refractivity contribution in [3.8, 4) is 23.0 Å². The van der Waals surface area contributed by atoms with Crippen LogP contribution in [-0.2, 0) is 24.6 Å². The van der Waals surface area contributed by atoms with Crippen LogP contribution in [0.4, 0.5) is 5.69 Å². The molecule has 2 amide bonds. The van der Waals surface area contributed by atoms with Crippen molar-refractivity contribution in [1.29, 1.82) is 0 Å². The fraction of sp³-hybridized carbons (Fsp3) is 0.233. The van der Waals surface area contributed by atoms with Crippen molar-refractivity contribution in [2.75, 3.05) is 19.1 Å². The minimum absolute atomic E-state index is 0.0159. The zero-order valence-electron chi connectivity index (χ0n) is 29.3. The maximum absolute atomic E-state index is 15.3. The number of ether oxygens (including phenoxy) is 2. The highest BCUT2D eigenvalue weighted by Gasteiger charge is 2.66. The van der Waals surface area contributed by atoms with E-state index in [4.69, 9.17) is 9.47 Å². The average Bonchev–Trinajstić information content (AvgIpc) is 3.44. The first-order valence-corrected chi connectivity index (χ1v) is 17.5. The number of ketones is 2. The van der Waals surface area contributed by atoms with Gasteiger partial charge in [0, 0.05) is 41.2 Å². The van der Waals surface area contributed by atoms with Gasteiger partial charge < -0.3 is 24.8 Å². The van der Waals surface area contributed by atoms with Gasteiger partial charge in [-0.05, 0) is 48.1 Å². The highest BCUT2D eigenvalue weighted by molar-refractivity contribution is 6.32. The summed E-state index contributed by atoms with van der Waals surface area (Å²) in [5, 5.41) is 31.8. The van der Waals surface area contributed by atoms with E-state index in [1.165, 1.54) is 32.4 Å². The van der Waals surface area contributed by atoms with Crippen LogP contribution in [0.1, 0.15) is 45.8 Å². The lowest BCUT2D eigenvalue weighted by atomic mass is 9.44. The number of allylic oxidation sites excluding steroid dienone is 4. The van der Waals surface area contributed by atoms with E-state index in [0.29, 0.717) is 22.4 Å². The fourth-order valence-electron chi connectivity index (χ4n) is 9.45. The van der Waals surface area contributed by atoms with E-state index in [1.54, 1.807) is 54.6 Å². The van der Waals surface area contributed by atoms with Crippen LogP contribution >= 0.6 is 0 Å². The molecule has 3 aliphatic carbocycles. The zero-order chi connectivity index (χ0) is 38.1. The van der Waals surface area contributed by atoms with Gasteiger partial charge >= 0.3 is 5.97 Å². The highest BCUT2D eigenvalue weighted by Crippen LogP contribution is 2.65. The molecule has 0 bridgehead atoms. The Hall–Kier alpha value is -6.49. The lowest BCUT2D eigenvalue weighted by Gasteiger charge is -2.55. The molecule has 4 aromatic rings. The third-order valence-corrected chi connectivity index (χ3v) is 11.7. The number of nitrogens with zero attached hydrogens (tertiary/aromatic N) is 1. The number of amides is 2. The molecule has 1 heterocycles. The molecule has 1 saturated heterocycles. The lowest BCUT2D eigenvalue weighted by Crippen LogP contribution is -2.58. The molecule has 2 fully saturated rings. The number of carbonyl (C=O) groups excluding carboxylic acids is 4. The van der Waals surface area contributed by atoms with Crippen molar-refractivity contribution in [1.82, 2.24) is 0 Å². The second-order valence-electron chi connectivity index (χ2n) is 14.1. The Morgan fingerprint density at radius 3 is 2.17 bits per heavy atom. The van der Waals surface area contributed by atoms with Gasteiger partial charge in [0.2, 0.25) is 11.8 Å². The van der Waals surface area contributed by atoms with E-state index < -0.39 is 58.5 Å². The van der Waals surface area contributed by atoms with E-state index in [2.05, 4.69) is 0 Å². The minimum Gasteiger partial charge on any atom is -0.507 e. The molecule has 0 aromatic heterocycles. The summed E-state index contributed by atoms with van der Waals surface area (Å²) in [4.78, 5) is 71.7. The van der Waals surface area contributed by atoms with Gasteiger partial charge in [-0.25, -0.2) is 9.69 Å². The Kier molecular flexibility index (Phi) is 8.24. The summed E-state index contributed by atoms with van der Waals surface area (Å²) < 4.78 is 11.3. The molecule has 11 nitrogen and oxygen atoms in total. The third-order valence-electron chi connectivity index (χ3n) is 11.7. The molecule has 3 N–H and O–H groups in total. The molecular formula is C43H35NO10. The normalized spacial score (nSPS) is 26.0. The van der Waals surface area contributed by atoms with Crippen molar-refractivity contribution >= 4 is 40.6 Å². The minimum atomic E-state index is -1.60.